The van der Waals surface area contributed by atoms with Gasteiger partial charge in [0.2, 0.25) is 5.75 Å². The Hall–Kier alpha value is -2.59. The minimum Gasteiger partial charge on any atom is -0.432 e. The highest BCUT2D eigenvalue weighted by molar-refractivity contribution is 5.67. The Labute approximate surface area is 276 Å². The van der Waals surface area contributed by atoms with Crippen LogP contribution >= 0.6 is 0 Å². The summed E-state index contributed by atoms with van der Waals surface area (Å²) >= 11 is 0. The smallest absolute Gasteiger partial charge is 0.432 e. The second-order valence-corrected chi connectivity index (χ2v) is 14.3. The van der Waals surface area contributed by atoms with Gasteiger partial charge >= 0.3 is 12.5 Å². The van der Waals surface area contributed by atoms with E-state index in [0.29, 0.717) is 36.8 Å². The van der Waals surface area contributed by atoms with E-state index in [2.05, 4.69) is 11.7 Å². The fraction of sp³-hybridized carbons (Fsp3) is 0.676. The molecule has 3 aliphatic carbocycles. The molecule has 0 heterocycles. The van der Waals surface area contributed by atoms with Crippen molar-refractivity contribution in [1.29, 1.82) is 0 Å². The first-order valence-corrected chi connectivity index (χ1v) is 17.5. The van der Waals surface area contributed by atoms with Crippen molar-refractivity contribution in [3.63, 3.8) is 0 Å². The molecule has 11 heteroatoms. The first-order chi connectivity index (χ1) is 22.7. The van der Waals surface area contributed by atoms with Gasteiger partial charge < -0.3 is 9.47 Å². The standard InChI is InChI=1S/C37H45F9O2/c1-2-3-4-5-22-6-8-23(9-7-22)24-10-12-25(13-11-24)26-14-16-28(17-15-26)36(42,43)47-29-20-30(38)34(31(39)21-29)27-18-32(40)35(33(41)19-27)48-37(44,45)46/h18-26,28H,2-17H2,1H3. The summed E-state index contributed by atoms with van der Waals surface area (Å²) in [5.74, 6) is -7.03. The summed E-state index contributed by atoms with van der Waals surface area (Å²) < 4.78 is 134. The van der Waals surface area contributed by atoms with Crippen LogP contribution in [-0.2, 0) is 0 Å². The Morgan fingerprint density at radius 1 is 0.583 bits per heavy atom. The van der Waals surface area contributed by atoms with Gasteiger partial charge in [-0.3, -0.25) is 0 Å². The average Bonchev–Trinajstić information content (AvgIpc) is 3.02. The van der Waals surface area contributed by atoms with Crippen molar-refractivity contribution in [2.24, 2.45) is 35.5 Å². The number of hydrogen-bond acceptors (Lipinski definition) is 2. The molecule has 0 radical (unpaired) electrons. The lowest BCUT2D eigenvalue weighted by Gasteiger charge is -2.42. The molecule has 2 aromatic rings. The lowest BCUT2D eigenvalue weighted by Crippen LogP contribution is -2.38. The number of halogens is 9. The van der Waals surface area contributed by atoms with Crippen molar-refractivity contribution in [3.05, 3.63) is 47.5 Å². The van der Waals surface area contributed by atoms with Gasteiger partial charge in [-0.05, 0) is 111 Å². The molecule has 0 saturated heterocycles. The highest BCUT2D eigenvalue weighted by atomic mass is 19.4. The molecule has 3 fully saturated rings. The van der Waals surface area contributed by atoms with E-state index in [0.717, 1.165) is 30.6 Å². The van der Waals surface area contributed by atoms with Crippen LogP contribution in [0.5, 0.6) is 11.5 Å². The quantitative estimate of drug-likeness (QED) is 0.172. The fourth-order valence-electron chi connectivity index (χ4n) is 8.69. The zero-order valence-electron chi connectivity index (χ0n) is 27.3. The molecule has 3 saturated carbocycles. The van der Waals surface area contributed by atoms with Gasteiger partial charge in [-0.2, -0.15) is 8.78 Å². The molecule has 2 aromatic carbocycles. The van der Waals surface area contributed by atoms with E-state index in [1.165, 1.54) is 64.2 Å². The Kier molecular flexibility index (Phi) is 11.9. The van der Waals surface area contributed by atoms with Gasteiger partial charge in [0.05, 0.1) is 11.5 Å². The van der Waals surface area contributed by atoms with Gasteiger partial charge in [0.25, 0.3) is 0 Å². The van der Waals surface area contributed by atoms with Gasteiger partial charge in [-0.1, -0.05) is 45.4 Å². The highest BCUT2D eigenvalue weighted by Crippen LogP contribution is 2.48. The van der Waals surface area contributed by atoms with Crippen molar-refractivity contribution in [3.8, 4) is 22.6 Å². The summed E-state index contributed by atoms with van der Waals surface area (Å²) in [7, 11) is 0. The molecule has 0 atom stereocenters. The van der Waals surface area contributed by atoms with Gasteiger partial charge in [0.1, 0.15) is 17.4 Å². The average molecular weight is 693 g/mol. The zero-order valence-corrected chi connectivity index (χ0v) is 27.3. The molecule has 0 aromatic heterocycles. The van der Waals surface area contributed by atoms with Crippen molar-refractivity contribution in [2.75, 3.05) is 0 Å². The summed E-state index contributed by atoms with van der Waals surface area (Å²) in [5.41, 5.74) is -1.81. The van der Waals surface area contributed by atoms with Crippen LogP contribution in [0.4, 0.5) is 39.5 Å². The van der Waals surface area contributed by atoms with E-state index in [-0.39, 0.29) is 25.0 Å². The lowest BCUT2D eigenvalue weighted by atomic mass is 9.65. The van der Waals surface area contributed by atoms with Crippen LogP contribution in [0, 0.1) is 58.8 Å². The first kappa shape index (κ1) is 36.7. The number of benzene rings is 2. The second kappa shape index (κ2) is 15.5. The SMILES string of the molecule is CCCCCC1CCC(C2CCC(C3CCC(C(F)(F)Oc4cc(F)c(-c5cc(F)c(OC(F)(F)F)c(F)c5)c(F)c4)CC3)CC2)CC1. The number of hydrogen-bond donors (Lipinski definition) is 0. The lowest BCUT2D eigenvalue weighted by molar-refractivity contribution is -0.276. The molecule has 3 aliphatic rings. The number of unbranched alkanes of at least 4 members (excludes halogenated alkanes) is 2. The van der Waals surface area contributed by atoms with E-state index < -0.39 is 64.3 Å². The molecule has 2 nitrogen and oxygen atoms in total. The van der Waals surface area contributed by atoms with E-state index in [9.17, 15) is 30.7 Å². The molecular weight excluding hydrogens is 647 g/mol. The van der Waals surface area contributed by atoms with Crippen LogP contribution in [0.3, 0.4) is 0 Å². The normalized spacial score (nSPS) is 27.1. The van der Waals surface area contributed by atoms with Gasteiger partial charge in [0, 0.05) is 12.1 Å². The minimum atomic E-state index is -5.41. The summed E-state index contributed by atoms with van der Waals surface area (Å²) in [4.78, 5) is 0. The van der Waals surface area contributed by atoms with Crippen LogP contribution < -0.4 is 9.47 Å². The van der Waals surface area contributed by atoms with E-state index in [1.807, 2.05) is 0 Å². The highest BCUT2D eigenvalue weighted by Gasteiger charge is 2.45. The molecule has 0 bridgehead atoms. The minimum absolute atomic E-state index is 0.216. The summed E-state index contributed by atoms with van der Waals surface area (Å²) in [6.45, 7) is 2.24. The van der Waals surface area contributed by atoms with Crippen molar-refractivity contribution < 1.29 is 49.0 Å². The summed E-state index contributed by atoms with van der Waals surface area (Å²) in [6, 6.07) is 1.44. The van der Waals surface area contributed by atoms with Crippen molar-refractivity contribution in [1.82, 2.24) is 0 Å². The molecule has 0 unspecified atom stereocenters. The third kappa shape index (κ3) is 9.14. The predicted molar refractivity (Wildman–Crippen MR) is 164 cm³/mol. The largest absolute Gasteiger partial charge is 0.573 e. The van der Waals surface area contributed by atoms with Gasteiger partial charge in [-0.25, -0.2) is 17.6 Å². The second-order valence-electron chi connectivity index (χ2n) is 14.3. The maximum atomic E-state index is 15.2. The zero-order chi connectivity index (χ0) is 34.6. The molecule has 0 aliphatic heterocycles. The first-order valence-electron chi connectivity index (χ1n) is 17.5. The molecule has 5 rings (SSSR count). The van der Waals surface area contributed by atoms with Crippen LogP contribution in [0.1, 0.15) is 110 Å². The molecule has 48 heavy (non-hydrogen) atoms. The predicted octanol–water partition coefficient (Wildman–Crippen LogP) is 12.8. The fourth-order valence-corrected chi connectivity index (χ4v) is 8.69. The van der Waals surface area contributed by atoms with Gasteiger partial charge in [-0.15, -0.1) is 13.2 Å². The summed E-state index contributed by atoms with van der Waals surface area (Å²) in [6.07, 6.45) is 7.99. The molecular formula is C37H45F9O2. The molecule has 0 spiro atoms. The Morgan fingerprint density at radius 2 is 1.04 bits per heavy atom. The van der Waals surface area contributed by atoms with E-state index in [1.54, 1.807) is 0 Å². The third-order valence-corrected chi connectivity index (χ3v) is 11.3. The number of alkyl halides is 5. The third-order valence-electron chi connectivity index (χ3n) is 11.3. The van der Waals surface area contributed by atoms with Crippen molar-refractivity contribution in [2.45, 2.75) is 122 Å². The van der Waals surface area contributed by atoms with Crippen LogP contribution in [0.2, 0.25) is 0 Å². The maximum Gasteiger partial charge on any atom is 0.573 e. The van der Waals surface area contributed by atoms with E-state index >= 15 is 8.78 Å². The number of ether oxygens (including phenoxy) is 2. The van der Waals surface area contributed by atoms with Crippen molar-refractivity contribution >= 4 is 0 Å². The molecule has 0 amide bonds. The Balaban J connectivity index is 1.11. The number of rotatable bonds is 11. The Bertz CT molecular complexity index is 1310. The maximum absolute atomic E-state index is 15.2. The molecule has 0 N–H and O–H groups in total. The van der Waals surface area contributed by atoms with Crippen LogP contribution in [-0.4, -0.2) is 12.5 Å². The summed E-state index contributed by atoms with van der Waals surface area (Å²) in [5, 5.41) is 0. The van der Waals surface area contributed by atoms with Gasteiger partial charge in [0.15, 0.2) is 11.6 Å². The van der Waals surface area contributed by atoms with Crippen LogP contribution in [0.15, 0.2) is 24.3 Å². The van der Waals surface area contributed by atoms with Crippen LogP contribution in [0.25, 0.3) is 11.1 Å². The monoisotopic (exact) mass is 692 g/mol. The topological polar surface area (TPSA) is 18.5 Å². The Morgan fingerprint density at radius 3 is 1.50 bits per heavy atom. The van der Waals surface area contributed by atoms with E-state index in [4.69, 9.17) is 4.74 Å². The molecule has 268 valence electrons.